The molecule has 5 rings (SSSR count). The quantitative estimate of drug-likeness (QED) is 0.284. The molecule has 0 atom stereocenters. The molecule has 3 heteroatoms. The van der Waals surface area contributed by atoms with E-state index in [2.05, 4.69) is 120 Å². The van der Waals surface area contributed by atoms with E-state index in [1.165, 1.54) is 15.6 Å². The van der Waals surface area contributed by atoms with Crippen LogP contribution in [0, 0.1) is 0 Å². The monoisotopic (exact) mass is 406 g/mol. The highest BCUT2D eigenvalue weighted by atomic mass is 28.3. The highest BCUT2D eigenvalue weighted by molar-refractivity contribution is 7.11. The van der Waals surface area contributed by atoms with Gasteiger partial charge in [0.1, 0.15) is 13.8 Å². The van der Waals surface area contributed by atoms with Crippen molar-refractivity contribution in [3.8, 4) is 5.75 Å². The molecular weight excluding hydrogens is 382 g/mol. The second-order valence-electron chi connectivity index (χ2n) is 7.79. The van der Waals surface area contributed by atoms with Gasteiger partial charge in [0.15, 0.2) is 6.21 Å². The first-order valence-electron chi connectivity index (χ1n) is 10.3. The summed E-state index contributed by atoms with van der Waals surface area (Å²) >= 11 is 0. The van der Waals surface area contributed by atoms with Crippen LogP contribution in [0.15, 0.2) is 109 Å². The van der Waals surface area contributed by atoms with E-state index >= 15 is 0 Å². The average Bonchev–Trinajstić information content (AvgIpc) is 2.84. The number of ether oxygens (including phenoxy) is 1. The van der Waals surface area contributed by atoms with Crippen molar-refractivity contribution in [1.82, 2.24) is 0 Å². The maximum Gasteiger partial charge on any atom is 0.292 e. The van der Waals surface area contributed by atoms with E-state index in [1.54, 1.807) is 0 Å². The summed E-state index contributed by atoms with van der Waals surface area (Å²) in [6, 6.07) is 38.8. The fourth-order valence-electron chi connectivity index (χ4n) is 4.34. The van der Waals surface area contributed by atoms with Crippen LogP contribution in [0.25, 0.3) is 0 Å². The minimum Gasteiger partial charge on any atom is -0.435 e. The van der Waals surface area contributed by atoms with Gasteiger partial charge in [-0.25, -0.2) is 0 Å². The van der Waals surface area contributed by atoms with Crippen LogP contribution in [-0.4, -0.2) is 25.6 Å². The molecule has 0 bridgehead atoms. The number of benzene rings is 4. The Balaban J connectivity index is 1.69. The van der Waals surface area contributed by atoms with Crippen LogP contribution in [0.4, 0.5) is 5.69 Å². The van der Waals surface area contributed by atoms with Crippen LogP contribution in [-0.2, 0) is 0 Å². The first-order chi connectivity index (χ1) is 14.8. The smallest absolute Gasteiger partial charge is 0.292 e. The molecule has 0 aromatic heterocycles. The van der Waals surface area contributed by atoms with Crippen molar-refractivity contribution in [2.24, 2.45) is 0 Å². The van der Waals surface area contributed by atoms with Gasteiger partial charge in [0, 0.05) is 12.1 Å². The minimum atomic E-state index is -2.22. The molecule has 0 spiro atoms. The number of para-hydroxylation sites is 2. The van der Waals surface area contributed by atoms with E-state index in [0.717, 1.165) is 17.0 Å². The summed E-state index contributed by atoms with van der Waals surface area (Å²) < 4.78 is 8.60. The third-order valence-electron chi connectivity index (χ3n) is 6.02. The van der Waals surface area contributed by atoms with Gasteiger partial charge in [-0.1, -0.05) is 97.5 Å². The molecule has 0 saturated heterocycles. The summed E-state index contributed by atoms with van der Waals surface area (Å²) in [5.74, 6) is 1.02. The molecule has 30 heavy (non-hydrogen) atoms. The Morgan fingerprint density at radius 1 is 0.667 bits per heavy atom. The number of rotatable bonds is 4. The van der Waals surface area contributed by atoms with Gasteiger partial charge in [0.25, 0.3) is 6.73 Å². The molecular formula is C27H24NOSi+. The van der Waals surface area contributed by atoms with Gasteiger partial charge in [-0.3, -0.25) is 0 Å². The summed E-state index contributed by atoms with van der Waals surface area (Å²) in [4.78, 5) is 0. The molecule has 0 radical (unpaired) electrons. The fourth-order valence-corrected chi connectivity index (χ4v) is 8.11. The fraction of sp³-hybridized carbons (Fsp3) is 0.0741. The van der Waals surface area contributed by atoms with Crippen molar-refractivity contribution >= 4 is 35.5 Å². The lowest BCUT2D eigenvalue weighted by molar-refractivity contribution is -0.476. The standard InChI is InChI=1S/C27H24NOSi/c1-30(24-15-7-3-8-16-24,25-17-9-4-10-18-25)26-19-11-12-22-20-28(21-29-27(22)26)23-13-5-2-6-14-23/h2-20H,21H2,1H3/q+1. The second kappa shape index (κ2) is 7.77. The topological polar surface area (TPSA) is 12.2 Å². The Hall–Kier alpha value is -3.43. The summed E-state index contributed by atoms with van der Waals surface area (Å²) in [5, 5.41) is 4.10. The molecule has 4 aromatic rings. The normalized spacial score (nSPS) is 13.2. The van der Waals surface area contributed by atoms with Crippen LogP contribution in [0.3, 0.4) is 0 Å². The van der Waals surface area contributed by atoms with E-state index < -0.39 is 8.07 Å². The van der Waals surface area contributed by atoms with Crippen molar-refractivity contribution in [3.63, 3.8) is 0 Å². The van der Waals surface area contributed by atoms with E-state index in [1.807, 2.05) is 6.07 Å². The van der Waals surface area contributed by atoms with Crippen molar-refractivity contribution in [3.05, 3.63) is 115 Å². The molecule has 0 fully saturated rings. The molecule has 0 N–H and O–H groups in total. The van der Waals surface area contributed by atoms with Crippen LogP contribution < -0.4 is 20.3 Å². The Morgan fingerprint density at radius 2 is 1.23 bits per heavy atom. The van der Waals surface area contributed by atoms with Gasteiger partial charge in [0.2, 0.25) is 5.69 Å². The Bertz CT molecular complexity index is 1150. The average molecular weight is 407 g/mol. The lowest BCUT2D eigenvalue weighted by atomic mass is 10.2. The van der Waals surface area contributed by atoms with Gasteiger partial charge >= 0.3 is 0 Å². The molecule has 0 amide bonds. The summed E-state index contributed by atoms with van der Waals surface area (Å²) in [7, 11) is -2.22. The summed E-state index contributed by atoms with van der Waals surface area (Å²) in [6.07, 6.45) is 2.21. The summed E-state index contributed by atoms with van der Waals surface area (Å²) in [5.41, 5.74) is 2.27. The van der Waals surface area contributed by atoms with Crippen LogP contribution in [0.5, 0.6) is 5.75 Å². The second-order valence-corrected chi connectivity index (χ2v) is 11.7. The number of hydrogen-bond donors (Lipinski definition) is 0. The molecule has 2 nitrogen and oxygen atoms in total. The van der Waals surface area contributed by atoms with Crippen molar-refractivity contribution in [2.45, 2.75) is 6.55 Å². The number of fused-ring (bicyclic) bond motifs is 1. The largest absolute Gasteiger partial charge is 0.435 e. The van der Waals surface area contributed by atoms with Crippen molar-refractivity contribution < 1.29 is 9.31 Å². The Kier molecular flexibility index (Phi) is 4.81. The zero-order valence-electron chi connectivity index (χ0n) is 17.0. The lowest BCUT2D eigenvalue weighted by Gasteiger charge is -2.32. The molecule has 146 valence electrons. The SMILES string of the molecule is C[Si](c1ccccc1)(c1ccccc1)c1cccc2c1OC[N+](c1ccccc1)=C2. The number of nitrogens with zero attached hydrogens (tertiary/aromatic N) is 1. The maximum absolute atomic E-state index is 6.44. The van der Waals surface area contributed by atoms with E-state index in [4.69, 9.17) is 4.74 Å². The van der Waals surface area contributed by atoms with Crippen LogP contribution in [0.1, 0.15) is 5.56 Å². The third kappa shape index (κ3) is 3.17. The molecule has 1 heterocycles. The Morgan fingerprint density at radius 3 is 1.83 bits per heavy atom. The summed E-state index contributed by atoms with van der Waals surface area (Å²) in [6.45, 7) is 2.95. The highest BCUT2D eigenvalue weighted by Gasteiger charge is 2.38. The van der Waals surface area contributed by atoms with Crippen LogP contribution >= 0.6 is 0 Å². The van der Waals surface area contributed by atoms with Gasteiger partial charge in [-0.15, -0.1) is 0 Å². The third-order valence-corrected chi connectivity index (χ3v) is 10.5. The van der Waals surface area contributed by atoms with E-state index in [-0.39, 0.29) is 0 Å². The highest BCUT2D eigenvalue weighted by Crippen LogP contribution is 2.24. The molecule has 1 aliphatic rings. The lowest BCUT2D eigenvalue weighted by Crippen LogP contribution is -2.65. The first-order valence-corrected chi connectivity index (χ1v) is 12.8. The van der Waals surface area contributed by atoms with Gasteiger partial charge in [0.05, 0.1) is 5.56 Å². The molecule has 0 unspecified atom stereocenters. The van der Waals surface area contributed by atoms with Gasteiger partial charge in [-0.2, -0.15) is 4.58 Å². The van der Waals surface area contributed by atoms with E-state index in [9.17, 15) is 0 Å². The zero-order chi connectivity index (χ0) is 20.4. The first kappa shape index (κ1) is 18.6. The van der Waals surface area contributed by atoms with Gasteiger partial charge < -0.3 is 4.74 Å². The van der Waals surface area contributed by atoms with E-state index in [0.29, 0.717) is 6.73 Å². The molecule has 4 aromatic carbocycles. The van der Waals surface area contributed by atoms with Crippen molar-refractivity contribution in [2.75, 3.05) is 6.73 Å². The van der Waals surface area contributed by atoms with Crippen molar-refractivity contribution in [1.29, 1.82) is 0 Å². The van der Waals surface area contributed by atoms with Gasteiger partial charge in [-0.05, 0) is 21.6 Å². The molecule has 1 aliphatic heterocycles. The molecule has 0 aliphatic carbocycles. The minimum absolute atomic E-state index is 0.516. The predicted molar refractivity (Wildman–Crippen MR) is 127 cm³/mol. The number of hydrogen-bond acceptors (Lipinski definition) is 1. The Labute approximate surface area is 178 Å². The molecule has 0 saturated carbocycles. The zero-order valence-corrected chi connectivity index (χ0v) is 18.0. The van der Waals surface area contributed by atoms with Crippen LogP contribution in [0.2, 0.25) is 6.55 Å². The predicted octanol–water partition coefficient (Wildman–Crippen LogP) is 3.90. The maximum atomic E-state index is 6.44.